The molecule has 0 aliphatic carbocycles. The summed E-state index contributed by atoms with van der Waals surface area (Å²) >= 11 is 0. The Morgan fingerprint density at radius 1 is 1.04 bits per heavy atom. The van der Waals surface area contributed by atoms with Crippen LogP contribution in [-0.2, 0) is 6.54 Å². The van der Waals surface area contributed by atoms with Crippen molar-refractivity contribution in [2.75, 3.05) is 26.6 Å². The highest BCUT2D eigenvalue weighted by Gasteiger charge is 2.15. The lowest BCUT2D eigenvalue weighted by Gasteiger charge is -2.14. The molecule has 0 atom stereocenters. The Hall–Kier alpha value is -3.48. The molecule has 2 aromatic carbocycles. The van der Waals surface area contributed by atoms with Crippen molar-refractivity contribution >= 4 is 11.6 Å². The minimum Gasteiger partial charge on any atom is -0.493 e. The summed E-state index contributed by atoms with van der Waals surface area (Å²) in [6, 6.07) is 12.6. The maximum atomic E-state index is 12.6. The average Bonchev–Trinajstić information content (AvgIpc) is 3.20. The van der Waals surface area contributed by atoms with Crippen LogP contribution in [-0.4, -0.2) is 37.0 Å². The monoisotopic (exact) mass is 367 g/mol. The number of ether oxygens (including phenoxy) is 3. The largest absolute Gasteiger partial charge is 0.493 e. The Balaban J connectivity index is 1.75. The summed E-state index contributed by atoms with van der Waals surface area (Å²) in [4.78, 5) is 12.6. The molecule has 0 spiro atoms. The molecule has 0 saturated heterocycles. The van der Waals surface area contributed by atoms with Gasteiger partial charge < -0.3 is 19.5 Å². The average molecular weight is 367 g/mol. The molecule has 0 aliphatic rings. The fourth-order valence-electron chi connectivity index (χ4n) is 2.70. The zero-order chi connectivity index (χ0) is 19.2. The third-order valence-electron chi connectivity index (χ3n) is 4.04. The number of hydrogen-bond acceptors (Lipinski definition) is 5. The number of methoxy groups -OCH3 is 3. The van der Waals surface area contributed by atoms with Gasteiger partial charge in [0.2, 0.25) is 5.75 Å². The predicted molar refractivity (Wildman–Crippen MR) is 102 cm³/mol. The van der Waals surface area contributed by atoms with E-state index < -0.39 is 0 Å². The maximum Gasteiger partial charge on any atom is 0.255 e. The van der Waals surface area contributed by atoms with E-state index in [0.29, 0.717) is 35.0 Å². The van der Waals surface area contributed by atoms with E-state index in [4.69, 9.17) is 14.2 Å². The molecular weight excluding hydrogens is 346 g/mol. The number of nitrogens with zero attached hydrogens (tertiary/aromatic N) is 2. The molecule has 0 bridgehead atoms. The van der Waals surface area contributed by atoms with Crippen LogP contribution in [0.1, 0.15) is 15.9 Å². The SMILES string of the molecule is COc1cc(NC(=O)c2ccc(Cn3cccn3)cc2)cc(OC)c1OC. The maximum absolute atomic E-state index is 12.6. The van der Waals surface area contributed by atoms with Gasteiger partial charge in [-0.15, -0.1) is 0 Å². The molecule has 0 unspecified atom stereocenters. The molecule has 1 heterocycles. The van der Waals surface area contributed by atoms with Crippen LogP contribution in [0.2, 0.25) is 0 Å². The number of anilines is 1. The quantitative estimate of drug-likeness (QED) is 0.694. The summed E-state index contributed by atoms with van der Waals surface area (Å²) in [5, 5.41) is 7.03. The van der Waals surface area contributed by atoms with E-state index in [0.717, 1.165) is 5.56 Å². The van der Waals surface area contributed by atoms with Crippen molar-refractivity contribution in [2.24, 2.45) is 0 Å². The lowest BCUT2D eigenvalue weighted by molar-refractivity contribution is 0.102. The Kier molecular flexibility index (Phi) is 5.61. The Morgan fingerprint density at radius 2 is 1.70 bits per heavy atom. The highest BCUT2D eigenvalue weighted by atomic mass is 16.5. The summed E-state index contributed by atoms with van der Waals surface area (Å²) in [7, 11) is 4.59. The van der Waals surface area contributed by atoms with E-state index in [-0.39, 0.29) is 5.91 Å². The second-order valence-corrected chi connectivity index (χ2v) is 5.77. The molecular formula is C20H21N3O4. The molecule has 140 valence electrons. The van der Waals surface area contributed by atoms with Gasteiger partial charge in [-0.1, -0.05) is 12.1 Å². The summed E-state index contributed by atoms with van der Waals surface area (Å²) in [6.45, 7) is 0.655. The number of carbonyl (C=O) groups excluding carboxylic acids is 1. The first-order valence-corrected chi connectivity index (χ1v) is 8.32. The van der Waals surface area contributed by atoms with Gasteiger partial charge in [0.25, 0.3) is 5.91 Å². The molecule has 27 heavy (non-hydrogen) atoms. The van der Waals surface area contributed by atoms with Crippen LogP contribution in [0, 0.1) is 0 Å². The number of amides is 1. The van der Waals surface area contributed by atoms with E-state index >= 15 is 0 Å². The van der Waals surface area contributed by atoms with Gasteiger partial charge in [0, 0.05) is 35.8 Å². The van der Waals surface area contributed by atoms with Crippen molar-refractivity contribution < 1.29 is 19.0 Å². The molecule has 1 N–H and O–H groups in total. The van der Waals surface area contributed by atoms with E-state index in [9.17, 15) is 4.79 Å². The fraction of sp³-hybridized carbons (Fsp3) is 0.200. The lowest BCUT2D eigenvalue weighted by Crippen LogP contribution is -2.12. The number of hydrogen-bond donors (Lipinski definition) is 1. The van der Waals surface area contributed by atoms with Crippen molar-refractivity contribution in [3.63, 3.8) is 0 Å². The molecule has 1 aromatic heterocycles. The van der Waals surface area contributed by atoms with E-state index in [1.54, 1.807) is 30.5 Å². The summed E-state index contributed by atoms with van der Waals surface area (Å²) in [5.41, 5.74) is 2.16. The number of benzene rings is 2. The van der Waals surface area contributed by atoms with Crippen LogP contribution < -0.4 is 19.5 Å². The first-order chi connectivity index (χ1) is 13.1. The Bertz CT molecular complexity index is 880. The van der Waals surface area contributed by atoms with Crippen molar-refractivity contribution in [2.45, 2.75) is 6.54 Å². The van der Waals surface area contributed by atoms with Crippen molar-refractivity contribution in [1.82, 2.24) is 9.78 Å². The van der Waals surface area contributed by atoms with Crippen LogP contribution in [0.15, 0.2) is 54.9 Å². The van der Waals surface area contributed by atoms with Crippen LogP contribution in [0.3, 0.4) is 0 Å². The lowest BCUT2D eigenvalue weighted by atomic mass is 10.1. The molecule has 7 nitrogen and oxygen atoms in total. The van der Waals surface area contributed by atoms with Crippen LogP contribution in [0.25, 0.3) is 0 Å². The van der Waals surface area contributed by atoms with Gasteiger partial charge >= 0.3 is 0 Å². The normalized spacial score (nSPS) is 10.3. The minimum atomic E-state index is -0.227. The zero-order valence-electron chi connectivity index (χ0n) is 15.4. The van der Waals surface area contributed by atoms with Crippen LogP contribution in [0.5, 0.6) is 17.2 Å². The van der Waals surface area contributed by atoms with Gasteiger partial charge in [-0.3, -0.25) is 9.48 Å². The third-order valence-corrected chi connectivity index (χ3v) is 4.04. The third kappa shape index (κ3) is 4.20. The Morgan fingerprint density at radius 3 is 2.22 bits per heavy atom. The predicted octanol–water partition coefficient (Wildman–Crippen LogP) is 3.21. The number of aromatic nitrogens is 2. The summed E-state index contributed by atoms with van der Waals surface area (Å²) in [5.74, 6) is 1.19. The van der Waals surface area contributed by atoms with E-state index in [2.05, 4.69) is 10.4 Å². The molecule has 1 amide bonds. The number of rotatable bonds is 7. The highest BCUT2D eigenvalue weighted by molar-refractivity contribution is 6.04. The van der Waals surface area contributed by atoms with Crippen LogP contribution in [0.4, 0.5) is 5.69 Å². The standard InChI is InChI=1S/C20H21N3O4/c1-25-17-11-16(12-18(26-2)19(17)27-3)22-20(24)15-7-5-14(6-8-15)13-23-10-4-9-21-23/h4-12H,13H2,1-3H3,(H,22,24). The van der Waals surface area contributed by atoms with Crippen LogP contribution >= 0.6 is 0 Å². The summed E-state index contributed by atoms with van der Waals surface area (Å²) in [6.07, 6.45) is 3.63. The molecule has 0 aliphatic heterocycles. The van der Waals surface area contributed by atoms with Gasteiger partial charge in [0.1, 0.15) is 0 Å². The molecule has 0 saturated carbocycles. The first-order valence-electron chi connectivity index (χ1n) is 8.32. The number of carbonyl (C=O) groups is 1. The van der Waals surface area contributed by atoms with Crippen molar-refractivity contribution in [3.8, 4) is 17.2 Å². The van der Waals surface area contributed by atoms with E-state index in [1.165, 1.54) is 21.3 Å². The molecule has 3 aromatic rings. The van der Waals surface area contributed by atoms with Gasteiger partial charge in [0.05, 0.1) is 27.9 Å². The van der Waals surface area contributed by atoms with Gasteiger partial charge in [-0.25, -0.2) is 0 Å². The molecule has 0 radical (unpaired) electrons. The van der Waals surface area contributed by atoms with Gasteiger partial charge in [-0.05, 0) is 23.8 Å². The second-order valence-electron chi connectivity index (χ2n) is 5.77. The Labute approximate surface area is 157 Å². The smallest absolute Gasteiger partial charge is 0.255 e. The van der Waals surface area contributed by atoms with E-state index in [1.807, 2.05) is 29.1 Å². The first kappa shape index (κ1) is 18.3. The highest BCUT2D eigenvalue weighted by Crippen LogP contribution is 2.40. The molecule has 0 fully saturated rings. The minimum absolute atomic E-state index is 0.227. The van der Waals surface area contributed by atoms with Crippen molar-refractivity contribution in [3.05, 3.63) is 66.0 Å². The zero-order valence-corrected chi connectivity index (χ0v) is 15.4. The topological polar surface area (TPSA) is 74.6 Å². The van der Waals surface area contributed by atoms with Crippen molar-refractivity contribution in [1.29, 1.82) is 0 Å². The second kappa shape index (κ2) is 8.27. The van der Waals surface area contributed by atoms with Gasteiger partial charge in [-0.2, -0.15) is 5.10 Å². The van der Waals surface area contributed by atoms with Gasteiger partial charge in [0.15, 0.2) is 11.5 Å². The number of nitrogens with one attached hydrogen (secondary N) is 1. The molecule has 3 rings (SSSR count). The fourth-order valence-corrected chi connectivity index (χ4v) is 2.70. The molecule has 7 heteroatoms. The summed E-state index contributed by atoms with van der Waals surface area (Å²) < 4.78 is 17.7.